The topological polar surface area (TPSA) is 66.4 Å². The van der Waals surface area contributed by atoms with E-state index in [0.29, 0.717) is 11.3 Å². The summed E-state index contributed by atoms with van der Waals surface area (Å²) in [5.74, 6) is -0.912. The second-order valence-electron chi connectivity index (χ2n) is 5.78. The summed E-state index contributed by atoms with van der Waals surface area (Å²) in [6, 6.07) is 14.8. The number of rotatable bonds is 5. The van der Waals surface area contributed by atoms with Crippen molar-refractivity contribution in [3.05, 3.63) is 82.4 Å². The van der Waals surface area contributed by atoms with Gasteiger partial charge in [0.25, 0.3) is 5.91 Å². The molecule has 0 aromatic heterocycles. The lowest BCUT2D eigenvalue weighted by atomic mass is 9.90. The predicted molar refractivity (Wildman–Crippen MR) is 101 cm³/mol. The van der Waals surface area contributed by atoms with E-state index in [4.69, 9.17) is 0 Å². The van der Waals surface area contributed by atoms with Crippen molar-refractivity contribution in [1.82, 2.24) is 0 Å². The maximum absolute atomic E-state index is 12.2. The quantitative estimate of drug-likeness (QED) is 0.595. The van der Waals surface area contributed by atoms with E-state index < -0.39 is 11.5 Å². The first-order chi connectivity index (χ1) is 12.0. The van der Waals surface area contributed by atoms with Gasteiger partial charge in [-0.25, -0.2) is 0 Å². The highest BCUT2D eigenvalue weighted by Gasteiger charge is 2.46. The molecule has 2 aromatic rings. The zero-order valence-electron chi connectivity index (χ0n) is 13.3. The number of halogens is 1. The maximum Gasteiger partial charge on any atom is 0.261 e. The molecule has 5 heteroatoms. The summed E-state index contributed by atoms with van der Waals surface area (Å²) in [5.41, 5.74) is 0.112. The molecule has 1 aliphatic rings. The summed E-state index contributed by atoms with van der Waals surface area (Å²) < 4.78 is 0.731. The molecule has 0 saturated heterocycles. The molecular weight excluding hydrogens is 382 g/mol. The van der Waals surface area contributed by atoms with Crippen LogP contribution in [0, 0.1) is 0 Å². The summed E-state index contributed by atoms with van der Waals surface area (Å²) in [6.07, 6.45) is 6.27. The van der Waals surface area contributed by atoms with Crippen LogP contribution in [-0.4, -0.2) is 16.8 Å². The van der Waals surface area contributed by atoms with Crippen molar-refractivity contribution in [2.45, 2.75) is 12.0 Å². The number of aliphatic hydroxyl groups is 1. The molecule has 0 saturated carbocycles. The van der Waals surface area contributed by atoms with Gasteiger partial charge in [0, 0.05) is 15.7 Å². The van der Waals surface area contributed by atoms with Crippen molar-refractivity contribution in [3.63, 3.8) is 0 Å². The second kappa shape index (κ2) is 7.17. The average molecular weight is 398 g/mol. The average Bonchev–Trinajstić information content (AvgIpc) is 2.83. The van der Waals surface area contributed by atoms with Crippen molar-refractivity contribution < 1.29 is 14.7 Å². The zero-order chi connectivity index (χ0) is 17.9. The fourth-order valence-corrected chi connectivity index (χ4v) is 3.06. The van der Waals surface area contributed by atoms with E-state index in [1.807, 2.05) is 36.4 Å². The van der Waals surface area contributed by atoms with Crippen LogP contribution in [0.4, 0.5) is 5.69 Å². The molecule has 0 unspecified atom stereocenters. The van der Waals surface area contributed by atoms with E-state index in [2.05, 4.69) is 21.2 Å². The van der Waals surface area contributed by atoms with Crippen LogP contribution in [0.15, 0.2) is 71.2 Å². The molecule has 126 valence electrons. The van der Waals surface area contributed by atoms with Gasteiger partial charge in [-0.15, -0.1) is 0 Å². The number of fused-ring (bicyclic) bond motifs is 1. The minimum absolute atomic E-state index is 0.308. The minimum Gasteiger partial charge on any atom is -0.375 e. The molecule has 0 aliphatic carbocycles. The Bertz CT molecular complexity index is 874. The molecule has 3 rings (SSSR count). The Morgan fingerprint density at radius 1 is 1.16 bits per heavy atom. The first-order valence-corrected chi connectivity index (χ1v) is 8.55. The highest BCUT2D eigenvalue weighted by Crippen LogP contribution is 2.39. The highest BCUT2D eigenvalue weighted by molar-refractivity contribution is 9.10. The largest absolute Gasteiger partial charge is 0.375 e. The molecule has 1 amide bonds. The number of hydrogen-bond acceptors (Lipinski definition) is 3. The number of allylic oxidation sites excluding steroid dienone is 3. The van der Waals surface area contributed by atoms with Gasteiger partial charge >= 0.3 is 0 Å². The van der Waals surface area contributed by atoms with Crippen LogP contribution in [0.5, 0.6) is 0 Å². The zero-order valence-corrected chi connectivity index (χ0v) is 14.9. The molecule has 1 heterocycles. The molecule has 0 bridgehead atoms. The standard InChI is InChI=1S/C20H16BrNO3/c21-15-10-11-18-17(12-15)20(25,19(24)22-18)13-16(23)9-5-4-8-14-6-2-1-3-7-14/h1-12,25H,13H2,(H,22,24)/t20-/m0/s1. The van der Waals surface area contributed by atoms with Crippen molar-refractivity contribution in [1.29, 1.82) is 0 Å². The third kappa shape index (κ3) is 3.78. The summed E-state index contributed by atoms with van der Waals surface area (Å²) in [4.78, 5) is 24.3. The van der Waals surface area contributed by atoms with Crippen LogP contribution in [0.1, 0.15) is 17.5 Å². The molecular formula is C20H16BrNO3. The van der Waals surface area contributed by atoms with Crippen LogP contribution < -0.4 is 5.32 Å². The van der Waals surface area contributed by atoms with Crippen molar-refractivity contribution in [2.75, 3.05) is 5.32 Å². The number of amides is 1. The van der Waals surface area contributed by atoms with Gasteiger partial charge in [0.1, 0.15) is 0 Å². The third-order valence-corrected chi connectivity index (χ3v) is 4.46. The van der Waals surface area contributed by atoms with Crippen molar-refractivity contribution in [2.24, 2.45) is 0 Å². The maximum atomic E-state index is 12.2. The van der Waals surface area contributed by atoms with E-state index in [-0.39, 0.29) is 12.2 Å². The Morgan fingerprint density at radius 3 is 2.68 bits per heavy atom. The molecule has 25 heavy (non-hydrogen) atoms. The van der Waals surface area contributed by atoms with E-state index in [9.17, 15) is 14.7 Å². The van der Waals surface area contributed by atoms with Gasteiger partial charge in [-0.3, -0.25) is 9.59 Å². The van der Waals surface area contributed by atoms with E-state index in [1.54, 1.807) is 30.4 Å². The van der Waals surface area contributed by atoms with Crippen molar-refractivity contribution in [3.8, 4) is 0 Å². The lowest BCUT2D eigenvalue weighted by Gasteiger charge is -2.19. The van der Waals surface area contributed by atoms with Crippen LogP contribution in [-0.2, 0) is 15.2 Å². The van der Waals surface area contributed by atoms with Gasteiger partial charge in [-0.05, 0) is 29.8 Å². The van der Waals surface area contributed by atoms with Crippen LogP contribution in [0.2, 0.25) is 0 Å². The van der Waals surface area contributed by atoms with E-state index in [0.717, 1.165) is 10.0 Å². The summed E-state index contributed by atoms with van der Waals surface area (Å²) in [5, 5.41) is 13.3. The number of anilines is 1. The molecule has 4 nitrogen and oxygen atoms in total. The SMILES string of the molecule is O=C(C=CC=Cc1ccccc1)C[C@@]1(O)C(=O)Nc2ccc(Br)cc21. The highest BCUT2D eigenvalue weighted by atomic mass is 79.9. The third-order valence-electron chi connectivity index (χ3n) is 3.96. The van der Waals surface area contributed by atoms with Gasteiger partial charge in [0.05, 0.1) is 6.42 Å². The second-order valence-corrected chi connectivity index (χ2v) is 6.69. The fourth-order valence-electron chi connectivity index (χ4n) is 2.70. The Balaban J connectivity index is 1.71. The van der Waals surface area contributed by atoms with Gasteiger partial charge in [-0.1, -0.05) is 64.5 Å². The van der Waals surface area contributed by atoms with E-state index >= 15 is 0 Å². The molecule has 0 fully saturated rings. The van der Waals surface area contributed by atoms with Gasteiger partial charge in [0.2, 0.25) is 0 Å². The van der Waals surface area contributed by atoms with Crippen LogP contribution in [0.25, 0.3) is 6.08 Å². The number of hydrogen-bond donors (Lipinski definition) is 2. The normalized spacial score (nSPS) is 19.4. The van der Waals surface area contributed by atoms with Gasteiger partial charge in [0.15, 0.2) is 11.4 Å². The molecule has 0 spiro atoms. The Kier molecular flexibility index (Phi) is 4.97. The molecule has 1 aliphatic heterocycles. The van der Waals surface area contributed by atoms with Crippen LogP contribution in [0.3, 0.4) is 0 Å². The Hall–Kier alpha value is -2.50. The fraction of sp³-hybridized carbons (Fsp3) is 0.100. The first-order valence-electron chi connectivity index (χ1n) is 7.75. The van der Waals surface area contributed by atoms with Crippen LogP contribution >= 0.6 is 15.9 Å². The first kappa shape index (κ1) is 17.3. The smallest absolute Gasteiger partial charge is 0.261 e. The Morgan fingerprint density at radius 2 is 1.92 bits per heavy atom. The molecule has 0 radical (unpaired) electrons. The molecule has 2 aromatic carbocycles. The number of benzene rings is 2. The Labute approximate surface area is 154 Å². The van der Waals surface area contributed by atoms with Gasteiger partial charge in [-0.2, -0.15) is 0 Å². The summed E-state index contributed by atoms with van der Waals surface area (Å²) in [7, 11) is 0. The number of carbonyl (C=O) groups excluding carboxylic acids is 2. The molecule has 2 N–H and O–H groups in total. The minimum atomic E-state index is -1.84. The summed E-state index contributed by atoms with van der Waals surface area (Å²) in [6.45, 7) is 0. The summed E-state index contributed by atoms with van der Waals surface area (Å²) >= 11 is 3.32. The van der Waals surface area contributed by atoms with E-state index in [1.165, 1.54) is 6.08 Å². The lowest BCUT2D eigenvalue weighted by Crippen LogP contribution is -2.36. The number of ketones is 1. The number of carbonyl (C=O) groups is 2. The van der Waals surface area contributed by atoms with Gasteiger partial charge < -0.3 is 10.4 Å². The molecule has 1 atom stereocenters. The lowest BCUT2D eigenvalue weighted by molar-refractivity contribution is -0.138. The predicted octanol–water partition coefficient (Wildman–Crippen LogP) is 3.82. The monoisotopic (exact) mass is 397 g/mol. The number of nitrogens with one attached hydrogen (secondary N) is 1. The van der Waals surface area contributed by atoms with Crippen molar-refractivity contribution >= 4 is 39.4 Å².